The number of aromatic nitrogens is 1. The molecule has 2 N–H and O–H groups in total. The summed E-state index contributed by atoms with van der Waals surface area (Å²) in [6.07, 6.45) is 0. The number of para-hydroxylation sites is 1. The second-order valence-corrected chi connectivity index (χ2v) is 8.47. The molecule has 2 aromatic heterocycles. The summed E-state index contributed by atoms with van der Waals surface area (Å²) < 4.78 is 2.44. The molecule has 4 aromatic carbocycles. The Morgan fingerprint density at radius 3 is 2.57 bits per heavy atom. The minimum absolute atomic E-state index is 0.293. The van der Waals surface area contributed by atoms with E-state index in [0.29, 0.717) is 5.75 Å². The number of H-pyrrole nitrogens is 1. The van der Waals surface area contributed by atoms with Crippen molar-refractivity contribution in [3.8, 4) is 16.9 Å². The van der Waals surface area contributed by atoms with Crippen molar-refractivity contribution >= 4 is 64.9 Å². The van der Waals surface area contributed by atoms with Crippen molar-refractivity contribution < 1.29 is 5.11 Å². The normalized spacial score (nSPS) is 11.9. The summed E-state index contributed by atoms with van der Waals surface area (Å²) in [4.78, 5) is 3.60. The molecule has 0 amide bonds. The summed E-state index contributed by atoms with van der Waals surface area (Å²) in [5, 5.41) is 15.9. The van der Waals surface area contributed by atoms with Gasteiger partial charge in [0, 0.05) is 37.0 Å². The zero-order chi connectivity index (χ0) is 18.8. The molecule has 0 aliphatic carbocycles. The number of benzene rings is 4. The van der Waals surface area contributed by atoms with Crippen LogP contribution >= 0.6 is 22.9 Å². The van der Waals surface area contributed by atoms with Gasteiger partial charge in [-0.25, -0.2) is 0 Å². The molecule has 0 unspecified atom stereocenters. The lowest BCUT2D eigenvalue weighted by Gasteiger charge is -2.10. The van der Waals surface area contributed by atoms with E-state index in [1.165, 1.54) is 14.8 Å². The zero-order valence-corrected chi connectivity index (χ0v) is 16.2. The minimum atomic E-state index is 0.293. The topological polar surface area (TPSA) is 36.0 Å². The Balaban J connectivity index is 1.84. The van der Waals surface area contributed by atoms with Crippen molar-refractivity contribution in [3.05, 3.63) is 77.8 Å². The number of fused-ring (bicyclic) bond motifs is 7. The lowest BCUT2D eigenvalue weighted by atomic mass is 9.95. The lowest BCUT2D eigenvalue weighted by Crippen LogP contribution is -1.83. The van der Waals surface area contributed by atoms with E-state index in [0.717, 1.165) is 43.3 Å². The van der Waals surface area contributed by atoms with E-state index >= 15 is 0 Å². The maximum Gasteiger partial charge on any atom is 0.123 e. The van der Waals surface area contributed by atoms with Gasteiger partial charge in [-0.15, -0.1) is 11.3 Å². The van der Waals surface area contributed by atoms with Crippen molar-refractivity contribution in [2.75, 3.05) is 0 Å². The maximum absolute atomic E-state index is 10.5. The summed E-state index contributed by atoms with van der Waals surface area (Å²) in [5.74, 6) is 0.293. The summed E-state index contributed by atoms with van der Waals surface area (Å²) in [6, 6.07) is 24.1. The van der Waals surface area contributed by atoms with Crippen LogP contribution in [-0.2, 0) is 0 Å². The SMILES string of the molecule is Oc1ccccc1-c1cccc2ccc3sc4c5cc(Cl)ccc5[nH]c4c3c12. The lowest BCUT2D eigenvalue weighted by molar-refractivity contribution is 0.477. The molecule has 0 bridgehead atoms. The third-order valence-electron chi connectivity index (χ3n) is 5.38. The molecule has 0 saturated carbocycles. The van der Waals surface area contributed by atoms with Crippen LogP contribution in [0.15, 0.2) is 72.8 Å². The molecule has 0 fully saturated rings. The van der Waals surface area contributed by atoms with E-state index in [9.17, 15) is 5.11 Å². The van der Waals surface area contributed by atoms with Crippen LogP contribution in [0.3, 0.4) is 0 Å². The molecular weight excluding hydrogens is 386 g/mol. The highest BCUT2D eigenvalue weighted by Gasteiger charge is 2.17. The number of halogens is 1. The van der Waals surface area contributed by atoms with Crippen LogP contribution in [0.1, 0.15) is 0 Å². The van der Waals surface area contributed by atoms with Crippen molar-refractivity contribution in [2.24, 2.45) is 0 Å². The van der Waals surface area contributed by atoms with E-state index < -0.39 is 0 Å². The number of aromatic hydroxyl groups is 1. The fourth-order valence-corrected chi connectivity index (χ4v) is 5.52. The van der Waals surface area contributed by atoms with E-state index in [2.05, 4.69) is 29.2 Å². The van der Waals surface area contributed by atoms with Crippen LogP contribution in [-0.4, -0.2) is 10.1 Å². The quantitative estimate of drug-likeness (QED) is 0.291. The highest BCUT2D eigenvalue weighted by atomic mass is 35.5. The van der Waals surface area contributed by atoms with E-state index in [1.807, 2.05) is 42.5 Å². The smallest absolute Gasteiger partial charge is 0.123 e. The number of phenols is 1. The van der Waals surface area contributed by atoms with Crippen LogP contribution < -0.4 is 0 Å². The molecule has 0 saturated heterocycles. The molecule has 0 radical (unpaired) electrons. The largest absolute Gasteiger partial charge is 0.507 e. The van der Waals surface area contributed by atoms with Gasteiger partial charge < -0.3 is 10.1 Å². The van der Waals surface area contributed by atoms with Gasteiger partial charge in [-0.3, -0.25) is 0 Å². The number of hydrogen-bond acceptors (Lipinski definition) is 2. The van der Waals surface area contributed by atoms with Crippen molar-refractivity contribution in [1.29, 1.82) is 0 Å². The molecule has 0 aliphatic heterocycles. The molecule has 6 aromatic rings. The monoisotopic (exact) mass is 399 g/mol. The number of aromatic amines is 1. The molecule has 28 heavy (non-hydrogen) atoms. The molecule has 0 aliphatic rings. The first kappa shape index (κ1) is 16.0. The highest BCUT2D eigenvalue weighted by Crippen LogP contribution is 2.45. The first-order valence-electron chi connectivity index (χ1n) is 9.04. The van der Waals surface area contributed by atoms with Crippen LogP contribution in [0, 0.1) is 0 Å². The Kier molecular flexibility index (Phi) is 3.28. The number of thiophene rings is 1. The Hall–Kier alpha value is -3.01. The molecule has 2 nitrogen and oxygen atoms in total. The predicted octanol–water partition coefficient (Wildman–Crippen LogP) is 7.72. The fourth-order valence-electron chi connectivity index (χ4n) is 4.15. The number of hydrogen-bond donors (Lipinski definition) is 2. The van der Waals surface area contributed by atoms with Gasteiger partial charge in [-0.05, 0) is 41.3 Å². The molecule has 4 heteroatoms. The Morgan fingerprint density at radius 2 is 1.68 bits per heavy atom. The van der Waals surface area contributed by atoms with E-state index in [4.69, 9.17) is 11.6 Å². The maximum atomic E-state index is 10.5. The minimum Gasteiger partial charge on any atom is -0.507 e. The van der Waals surface area contributed by atoms with Gasteiger partial charge in [-0.2, -0.15) is 0 Å². The van der Waals surface area contributed by atoms with Crippen LogP contribution in [0.2, 0.25) is 5.02 Å². The number of phenolic OH excluding ortho intramolecular Hbond substituents is 1. The van der Waals surface area contributed by atoms with Gasteiger partial charge in [0.2, 0.25) is 0 Å². The van der Waals surface area contributed by atoms with Crippen LogP contribution in [0.4, 0.5) is 0 Å². The van der Waals surface area contributed by atoms with Crippen molar-refractivity contribution in [3.63, 3.8) is 0 Å². The van der Waals surface area contributed by atoms with Crippen molar-refractivity contribution in [1.82, 2.24) is 4.98 Å². The number of nitrogens with one attached hydrogen (secondary N) is 1. The third kappa shape index (κ3) is 2.15. The first-order valence-corrected chi connectivity index (χ1v) is 10.2. The second kappa shape index (κ2) is 5.74. The van der Waals surface area contributed by atoms with Gasteiger partial charge in [0.15, 0.2) is 0 Å². The predicted molar refractivity (Wildman–Crippen MR) is 121 cm³/mol. The van der Waals surface area contributed by atoms with Crippen LogP contribution in [0.25, 0.3) is 53.1 Å². The Labute approximate surface area is 169 Å². The van der Waals surface area contributed by atoms with Gasteiger partial charge in [0.1, 0.15) is 5.75 Å². The zero-order valence-electron chi connectivity index (χ0n) is 14.7. The summed E-state index contributed by atoms with van der Waals surface area (Å²) in [6.45, 7) is 0. The average Bonchev–Trinajstić information content (AvgIpc) is 3.24. The summed E-state index contributed by atoms with van der Waals surface area (Å²) in [5.41, 5.74) is 4.10. The molecule has 0 spiro atoms. The van der Waals surface area contributed by atoms with Gasteiger partial charge in [-0.1, -0.05) is 54.1 Å². The molecule has 134 valence electrons. The standard InChI is InChI=1S/C24H14ClNOS/c25-14-9-10-18-17(12-14)24-23(26-18)22-20(28-24)11-8-13-4-3-6-16(21(13)22)15-5-1-2-7-19(15)27/h1-12,26-27H. The second-order valence-electron chi connectivity index (χ2n) is 6.98. The van der Waals surface area contributed by atoms with Crippen molar-refractivity contribution in [2.45, 2.75) is 0 Å². The average molecular weight is 400 g/mol. The Morgan fingerprint density at radius 1 is 0.821 bits per heavy atom. The Bertz CT molecular complexity index is 1540. The van der Waals surface area contributed by atoms with E-state index in [-0.39, 0.29) is 0 Å². The van der Waals surface area contributed by atoms with Gasteiger partial charge in [0.05, 0.1) is 10.2 Å². The van der Waals surface area contributed by atoms with Gasteiger partial charge >= 0.3 is 0 Å². The molecule has 2 heterocycles. The fraction of sp³-hybridized carbons (Fsp3) is 0. The van der Waals surface area contributed by atoms with Crippen LogP contribution in [0.5, 0.6) is 5.75 Å². The molecule has 0 atom stereocenters. The molecular formula is C24H14ClNOS. The van der Waals surface area contributed by atoms with Gasteiger partial charge in [0.25, 0.3) is 0 Å². The molecule has 6 rings (SSSR count). The summed E-state index contributed by atoms with van der Waals surface area (Å²) >= 11 is 8.03. The first-order chi connectivity index (χ1) is 13.7. The summed E-state index contributed by atoms with van der Waals surface area (Å²) in [7, 11) is 0. The highest BCUT2D eigenvalue weighted by molar-refractivity contribution is 7.26. The third-order valence-corrected chi connectivity index (χ3v) is 6.80. The number of rotatable bonds is 1. The van der Waals surface area contributed by atoms with E-state index in [1.54, 1.807) is 17.4 Å².